The van der Waals surface area contributed by atoms with Crippen LogP contribution >= 0.6 is 0 Å². The van der Waals surface area contributed by atoms with Crippen molar-refractivity contribution in [1.82, 2.24) is 4.90 Å². The number of aliphatic carboxylic acids is 1. The topological polar surface area (TPSA) is 70.1 Å². The number of rotatable bonds is 5. The minimum Gasteiger partial charge on any atom is -0.497 e. The summed E-state index contributed by atoms with van der Waals surface area (Å²) in [7, 11) is 4.79. The Morgan fingerprint density at radius 2 is 1.79 bits per heavy atom. The predicted molar refractivity (Wildman–Crippen MR) is 71.7 cm³/mol. The third-order valence-corrected chi connectivity index (χ3v) is 2.73. The Morgan fingerprint density at radius 1 is 1.21 bits per heavy atom. The van der Waals surface area contributed by atoms with Gasteiger partial charge in [0.25, 0.3) is 0 Å². The first-order chi connectivity index (χ1) is 8.95. The van der Waals surface area contributed by atoms with Gasteiger partial charge in [0.2, 0.25) is 0 Å². The van der Waals surface area contributed by atoms with Crippen LogP contribution in [0.5, 0.6) is 5.75 Å². The van der Waals surface area contributed by atoms with Crippen molar-refractivity contribution in [3.05, 3.63) is 24.3 Å². The van der Waals surface area contributed by atoms with Gasteiger partial charge in [0.1, 0.15) is 5.75 Å². The van der Waals surface area contributed by atoms with Gasteiger partial charge in [-0.05, 0) is 24.3 Å². The summed E-state index contributed by atoms with van der Waals surface area (Å²) in [4.78, 5) is 25.3. The number of carbonyl (C=O) groups excluding carboxylic acids is 1. The van der Waals surface area contributed by atoms with Gasteiger partial charge in [-0.1, -0.05) is 0 Å². The molecule has 19 heavy (non-hydrogen) atoms. The molecule has 1 rings (SSSR count). The Hall–Kier alpha value is -2.24. The van der Waals surface area contributed by atoms with Gasteiger partial charge in [0, 0.05) is 26.3 Å². The molecule has 1 aromatic carbocycles. The van der Waals surface area contributed by atoms with Crippen LogP contribution in [0.1, 0.15) is 6.42 Å². The molecule has 0 radical (unpaired) electrons. The summed E-state index contributed by atoms with van der Waals surface area (Å²) in [5.74, 6) is -0.212. The molecule has 0 aliphatic heterocycles. The summed E-state index contributed by atoms with van der Waals surface area (Å²) in [6.45, 7) is 0.175. The Bertz CT molecular complexity index is 444. The van der Waals surface area contributed by atoms with Gasteiger partial charge in [-0.15, -0.1) is 0 Å². The van der Waals surface area contributed by atoms with Crippen molar-refractivity contribution in [2.24, 2.45) is 0 Å². The van der Waals surface area contributed by atoms with E-state index in [1.54, 1.807) is 45.5 Å². The van der Waals surface area contributed by atoms with Gasteiger partial charge in [0.05, 0.1) is 13.5 Å². The van der Waals surface area contributed by atoms with Crippen LogP contribution in [0, 0.1) is 0 Å². The van der Waals surface area contributed by atoms with Gasteiger partial charge in [-0.3, -0.25) is 9.69 Å². The normalized spacial score (nSPS) is 9.84. The van der Waals surface area contributed by atoms with Crippen molar-refractivity contribution in [3.8, 4) is 5.75 Å². The number of anilines is 1. The van der Waals surface area contributed by atoms with Crippen LogP contribution < -0.4 is 9.64 Å². The van der Waals surface area contributed by atoms with Crippen LogP contribution in [0.25, 0.3) is 0 Å². The third-order valence-electron chi connectivity index (χ3n) is 2.73. The van der Waals surface area contributed by atoms with Crippen molar-refractivity contribution < 1.29 is 19.4 Å². The number of carbonyl (C=O) groups is 2. The molecule has 2 amide bonds. The lowest BCUT2D eigenvalue weighted by molar-refractivity contribution is -0.137. The second-order valence-corrected chi connectivity index (χ2v) is 4.10. The quantitative estimate of drug-likeness (QED) is 0.879. The molecular formula is C13H18N2O4. The minimum atomic E-state index is -0.924. The van der Waals surface area contributed by atoms with Crippen LogP contribution in [0.3, 0.4) is 0 Å². The number of carboxylic acids is 1. The molecule has 0 aliphatic rings. The van der Waals surface area contributed by atoms with E-state index in [4.69, 9.17) is 9.84 Å². The number of nitrogens with zero attached hydrogens (tertiary/aromatic N) is 2. The minimum absolute atomic E-state index is 0.0707. The summed E-state index contributed by atoms with van der Waals surface area (Å²) < 4.78 is 5.04. The van der Waals surface area contributed by atoms with Crippen LogP contribution in [-0.4, -0.2) is 49.8 Å². The first-order valence-electron chi connectivity index (χ1n) is 5.80. The van der Waals surface area contributed by atoms with E-state index in [9.17, 15) is 9.59 Å². The number of urea groups is 1. The Kier molecular flexibility index (Phi) is 5.17. The monoisotopic (exact) mass is 266 g/mol. The first kappa shape index (κ1) is 14.8. The van der Waals surface area contributed by atoms with E-state index >= 15 is 0 Å². The van der Waals surface area contributed by atoms with E-state index in [-0.39, 0.29) is 19.0 Å². The highest BCUT2D eigenvalue weighted by atomic mass is 16.5. The lowest BCUT2D eigenvalue weighted by Crippen LogP contribution is -2.39. The van der Waals surface area contributed by atoms with Crippen LogP contribution in [-0.2, 0) is 4.79 Å². The smallest absolute Gasteiger partial charge is 0.323 e. The summed E-state index contributed by atoms with van der Waals surface area (Å²) >= 11 is 0. The molecule has 6 nitrogen and oxygen atoms in total. The fraction of sp³-hybridized carbons (Fsp3) is 0.385. The summed E-state index contributed by atoms with van der Waals surface area (Å²) in [6, 6.07) is 6.79. The summed E-state index contributed by atoms with van der Waals surface area (Å²) in [5, 5.41) is 8.59. The summed E-state index contributed by atoms with van der Waals surface area (Å²) in [6.07, 6.45) is -0.0707. The zero-order valence-electron chi connectivity index (χ0n) is 11.3. The zero-order valence-corrected chi connectivity index (χ0v) is 11.3. The van der Waals surface area contributed by atoms with Gasteiger partial charge in [-0.2, -0.15) is 0 Å². The van der Waals surface area contributed by atoms with E-state index in [2.05, 4.69) is 0 Å². The molecule has 0 aliphatic carbocycles. The molecule has 1 N–H and O–H groups in total. The molecule has 1 aromatic rings. The predicted octanol–water partition coefficient (Wildman–Crippen LogP) is 1.66. The van der Waals surface area contributed by atoms with Crippen molar-refractivity contribution in [2.75, 3.05) is 32.6 Å². The van der Waals surface area contributed by atoms with E-state index < -0.39 is 5.97 Å². The maximum absolute atomic E-state index is 12.0. The fourth-order valence-electron chi connectivity index (χ4n) is 1.53. The third kappa shape index (κ3) is 4.17. The average Bonchev–Trinajstić information content (AvgIpc) is 2.43. The van der Waals surface area contributed by atoms with Crippen LogP contribution in [0.15, 0.2) is 24.3 Å². The molecule has 0 unspecified atom stereocenters. The number of benzene rings is 1. The van der Waals surface area contributed by atoms with E-state index in [0.717, 1.165) is 0 Å². The molecule has 0 spiro atoms. The number of amides is 2. The molecule has 104 valence electrons. The molecule has 0 fully saturated rings. The molecule has 0 saturated heterocycles. The molecule has 0 saturated carbocycles. The Balaban J connectivity index is 2.66. The molecule has 0 heterocycles. The van der Waals surface area contributed by atoms with E-state index in [1.165, 1.54) is 9.80 Å². The van der Waals surface area contributed by atoms with Gasteiger partial charge >= 0.3 is 12.0 Å². The first-order valence-corrected chi connectivity index (χ1v) is 5.80. The van der Waals surface area contributed by atoms with Crippen LogP contribution in [0.4, 0.5) is 10.5 Å². The molecule has 0 bridgehead atoms. The lowest BCUT2D eigenvalue weighted by Gasteiger charge is -2.24. The SMILES string of the molecule is COc1ccc(N(C)C(=O)N(C)CCC(=O)O)cc1. The molecule has 0 aromatic heterocycles. The average molecular weight is 266 g/mol. The molecule has 6 heteroatoms. The van der Waals surface area contributed by atoms with E-state index in [0.29, 0.717) is 11.4 Å². The Morgan fingerprint density at radius 3 is 2.26 bits per heavy atom. The largest absolute Gasteiger partial charge is 0.497 e. The highest BCUT2D eigenvalue weighted by molar-refractivity contribution is 5.91. The molecule has 0 atom stereocenters. The zero-order chi connectivity index (χ0) is 14.4. The van der Waals surface area contributed by atoms with Crippen molar-refractivity contribution >= 4 is 17.7 Å². The van der Waals surface area contributed by atoms with Crippen molar-refractivity contribution in [2.45, 2.75) is 6.42 Å². The maximum atomic E-state index is 12.0. The standard InChI is InChI=1S/C13H18N2O4/c1-14(9-8-12(16)17)13(18)15(2)10-4-6-11(19-3)7-5-10/h4-7H,8-9H2,1-3H3,(H,16,17). The van der Waals surface area contributed by atoms with Crippen molar-refractivity contribution in [3.63, 3.8) is 0 Å². The van der Waals surface area contributed by atoms with Crippen LogP contribution in [0.2, 0.25) is 0 Å². The van der Waals surface area contributed by atoms with Crippen molar-refractivity contribution in [1.29, 1.82) is 0 Å². The lowest BCUT2D eigenvalue weighted by atomic mass is 10.3. The molecular weight excluding hydrogens is 248 g/mol. The van der Waals surface area contributed by atoms with Gasteiger partial charge in [-0.25, -0.2) is 4.79 Å². The second kappa shape index (κ2) is 6.63. The summed E-state index contributed by atoms with van der Waals surface area (Å²) in [5.41, 5.74) is 0.716. The fourth-order valence-corrected chi connectivity index (χ4v) is 1.53. The number of hydrogen-bond acceptors (Lipinski definition) is 3. The number of carboxylic acid groups (broad SMARTS) is 1. The highest BCUT2D eigenvalue weighted by Gasteiger charge is 2.16. The maximum Gasteiger partial charge on any atom is 0.323 e. The second-order valence-electron chi connectivity index (χ2n) is 4.10. The van der Waals surface area contributed by atoms with Gasteiger partial charge < -0.3 is 14.7 Å². The van der Waals surface area contributed by atoms with E-state index in [1.807, 2.05) is 0 Å². The Labute approximate surface area is 112 Å². The van der Waals surface area contributed by atoms with Gasteiger partial charge in [0.15, 0.2) is 0 Å². The number of ether oxygens (including phenoxy) is 1. The highest BCUT2D eigenvalue weighted by Crippen LogP contribution is 2.18. The number of hydrogen-bond donors (Lipinski definition) is 1. The number of methoxy groups -OCH3 is 1.